The highest BCUT2D eigenvalue weighted by atomic mass is 15.3. The van der Waals surface area contributed by atoms with E-state index in [1.165, 1.54) is 5.97 Å². The molecule has 0 aromatic carbocycles. The van der Waals surface area contributed by atoms with E-state index in [0.717, 1.165) is 13.2 Å². The van der Waals surface area contributed by atoms with Crippen LogP contribution in [0.4, 0.5) is 0 Å². The molecule has 0 amide bonds. The molecule has 4 heteroatoms. The van der Waals surface area contributed by atoms with Crippen molar-refractivity contribution < 1.29 is 0 Å². The van der Waals surface area contributed by atoms with E-state index in [4.69, 9.17) is 5.26 Å². The van der Waals surface area contributed by atoms with E-state index in [9.17, 15) is 0 Å². The van der Waals surface area contributed by atoms with Crippen LogP contribution in [0.15, 0.2) is 12.4 Å². The lowest BCUT2D eigenvalue weighted by molar-refractivity contribution is 0.308. The van der Waals surface area contributed by atoms with Gasteiger partial charge in [0.05, 0.1) is 6.67 Å². The summed E-state index contributed by atoms with van der Waals surface area (Å²) in [6.07, 6.45) is 4.20. The molecule has 0 aliphatic carbocycles. The molecule has 0 atom stereocenters. The minimum absolute atomic E-state index is 1.05. The minimum atomic E-state index is 1.05. The lowest BCUT2D eigenvalue weighted by Gasteiger charge is -2.14. The van der Waals surface area contributed by atoms with Gasteiger partial charge >= 0.3 is 0 Å². The topological polar surface area (TPSA) is 30.3 Å². The maximum Gasteiger partial charge on any atom is 0.229 e. The van der Waals surface area contributed by atoms with Crippen LogP contribution in [0.25, 0.3) is 0 Å². The van der Waals surface area contributed by atoms with Gasteiger partial charge in [-0.3, -0.25) is 0 Å². The Morgan fingerprint density at radius 1 is 1.64 bits per heavy atom. The normalized spacial score (nSPS) is 13.9. The van der Waals surface area contributed by atoms with Gasteiger partial charge in [0, 0.05) is 26.0 Å². The maximum absolute atomic E-state index is 7.10. The summed E-state index contributed by atoms with van der Waals surface area (Å²) in [5, 5.41) is 7.10. The Balaban J connectivity index is 0.000000292. The molecule has 0 fully saturated rings. The van der Waals surface area contributed by atoms with E-state index in [1.54, 1.807) is 0 Å². The van der Waals surface area contributed by atoms with Crippen LogP contribution in [0.5, 0.6) is 0 Å². The molecular formula is C7H12BN3. The molecule has 0 saturated carbocycles. The van der Waals surface area contributed by atoms with Crippen LogP contribution in [0.2, 0.25) is 0 Å². The number of nitrogens with zero attached hydrogens (tertiary/aromatic N) is 3. The van der Waals surface area contributed by atoms with Gasteiger partial charge in [-0.1, -0.05) is 0 Å². The van der Waals surface area contributed by atoms with Crippen LogP contribution in [0, 0.1) is 11.2 Å². The molecule has 0 aromatic rings. The fourth-order valence-corrected chi connectivity index (χ4v) is 0.794. The van der Waals surface area contributed by atoms with Crippen molar-refractivity contribution in [1.82, 2.24) is 9.80 Å². The Morgan fingerprint density at radius 2 is 2.18 bits per heavy atom. The van der Waals surface area contributed by atoms with E-state index in [1.807, 2.05) is 0 Å². The van der Waals surface area contributed by atoms with Crippen molar-refractivity contribution in [2.24, 2.45) is 0 Å². The summed E-state index contributed by atoms with van der Waals surface area (Å²) in [6.45, 7) is 4.32. The molecule has 0 saturated heterocycles. The van der Waals surface area contributed by atoms with Gasteiger partial charge < -0.3 is 9.80 Å². The van der Waals surface area contributed by atoms with Crippen LogP contribution in [0.1, 0.15) is 6.92 Å². The predicted octanol–water partition coefficient (Wildman–Crippen LogP) is 0.318. The second-order valence-corrected chi connectivity index (χ2v) is 2.23. The Morgan fingerprint density at radius 3 is 2.36 bits per heavy atom. The van der Waals surface area contributed by atoms with Gasteiger partial charge in [0.2, 0.25) is 7.85 Å². The first-order valence-corrected chi connectivity index (χ1v) is 3.47. The molecule has 0 bridgehead atoms. The maximum atomic E-state index is 7.10. The van der Waals surface area contributed by atoms with Crippen LogP contribution in [0.3, 0.4) is 0 Å². The van der Waals surface area contributed by atoms with Crippen LogP contribution < -0.4 is 0 Å². The third-order valence-electron chi connectivity index (χ3n) is 1.34. The van der Waals surface area contributed by atoms with E-state index in [-0.39, 0.29) is 0 Å². The fourth-order valence-electron chi connectivity index (χ4n) is 0.794. The van der Waals surface area contributed by atoms with Gasteiger partial charge in [-0.2, -0.15) is 0 Å². The second-order valence-electron chi connectivity index (χ2n) is 2.23. The number of rotatable bonds is 1. The molecular weight excluding hydrogens is 137 g/mol. The minimum Gasteiger partial charge on any atom is -0.362 e. The van der Waals surface area contributed by atoms with Gasteiger partial charge in [0.15, 0.2) is 0 Å². The highest BCUT2D eigenvalue weighted by molar-refractivity contribution is 6.20. The van der Waals surface area contributed by atoms with Gasteiger partial charge in [-0.25, -0.2) is 5.26 Å². The highest BCUT2D eigenvalue weighted by Gasteiger charge is 2.03. The molecule has 0 spiro atoms. The monoisotopic (exact) mass is 149 g/mol. The molecule has 2 radical (unpaired) electrons. The largest absolute Gasteiger partial charge is 0.362 e. The Bertz CT molecular complexity index is 162. The van der Waals surface area contributed by atoms with E-state index in [2.05, 4.69) is 44.0 Å². The summed E-state index contributed by atoms with van der Waals surface area (Å²) in [5.41, 5.74) is 0. The smallest absolute Gasteiger partial charge is 0.229 e. The molecule has 58 valence electrons. The Hall–Kier alpha value is -1.11. The second kappa shape index (κ2) is 5.66. The van der Waals surface area contributed by atoms with Crippen molar-refractivity contribution in [1.29, 1.82) is 5.26 Å². The molecule has 0 aromatic heterocycles. The zero-order valence-electron chi connectivity index (χ0n) is 6.99. The number of hydrogen-bond acceptors (Lipinski definition) is 3. The Labute approximate surface area is 69.3 Å². The van der Waals surface area contributed by atoms with Crippen LogP contribution in [-0.4, -0.2) is 37.9 Å². The molecule has 1 rings (SSSR count). The highest BCUT2D eigenvalue weighted by Crippen LogP contribution is 2.00. The van der Waals surface area contributed by atoms with Crippen LogP contribution in [-0.2, 0) is 0 Å². The van der Waals surface area contributed by atoms with Gasteiger partial charge in [0.25, 0.3) is 0 Å². The Kier molecular flexibility index (Phi) is 5.09. The molecule has 11 heavy (non-hydrogen) atoms. The lowest BCUT2D eigenvalue weighted by atomic mass is 10.2. The van der Waals surface area contributed by atoms with Crippen molar-refractivity contribution in [3.63, 3.8) is 0 Å². The van der Waals surface area contributed by atoms with E-state index >= 15 is 0 Å². The summed E-state index contributed by atoms with van der Waals surface area (Å²) in [4.78, 5) is 4.41. The zero-order chi connectivity index (χ0) is 8.69. The molecule has 0 N–H and O–H groups in total. The van der Waals surface area contributed by atoms with E-state index in [0.29, 0.717) is 0 Å². The fraction of sp³-hybridized carbons (Fsp3) is 0.571. The molecule has 1 heterocycles. The third-order valence-corrected chi connectivity index (χ3v) is 1.34. The first kappa shape index (κ1) is 9.89. The van der Waals surface area contributed by atoms with Crippen molar-refractivity contribution >= 4 is 7.85 Å². The van der Waals surface area contributed by atoms with Crippen molar-refractivity contribution in [3.05, 3.63) is 12.4 Å². The summed E-state index contributed by atoms with van der Waals surface area (Å²) >= 11 is 0. The molecule has 1 aliphatic heterocycles. The first-order chi connectivity index (χ1) is 5.24. The van der Waals surface area contributed by atoms with Gasteiger partial charge in [-0.15, -0.1) is 0 Å². The third kappa shape index (κ3) is 4.32. The summed E-state index contributed by atoms with van der Waals surface area (Å²) in [5.74, 6) is 1.25. The van der Waals surface area contributed by atoms with Crippen molar-refractivity contribution in [3.8, 4) is 5.97 Å². The molecule has 3 nitrogen and oxygen atoms in total. The predicted molar refractivity (Wildman–Crippen MR) is 45.5 cm³/mol. The zero-order valence-corrected chi connectivity index (χ0v) is 6.99. The van der Waals surface area contributed by atoms with Crippen LogP contribution >= 0.6 is 0 Å². The molecule has 0 unspecified atom stereocenters. The average molecular weight is 149 g/mol. The quantitative estimate of drug-likeness (QED) is 0.503. The summed E-state index contributed by atoms with van der Waals surface area (Å²) in [7, 11) is 6.23. The standard InChI is InChI=1S/C6H12N2.CBN/c1-3-8-5-4-7(2)6-8;2-1-3/h4-5H,3,6H2,1-2H3;. The average Bonchev–Trinajstić information content (AvgIpc) is 2.37. The lowest BCUT2D eigenvalue weighted by Crippen LogP contribution is -2.21. The van der Waals surface area contributed by atoms with Gasteiger partial charge in [0.1, 0.15) is 0 Å². The molecule has 1 aliphatic rings. The van der Waals surface area contributed by atoms with Crippen molar-refractivity contribution in [2.45, 2.75) is 6.92 Å². The van der Waals surface area contributed by atoms with Gasteiger partial charge in [-0.05, 0) is 12.9 Å². The SMILES string of the molecule is CCN1C=CN(C)C1.[B]C#N. The van der Waals surface area contributed by atoms with E-state index < -0.39 is 0 Å². The number of nitriles is 1. The summed E-state index contributed by atoms with van der Waals surface area (Å²) < 4.78 is 0. The summed E-state index contributed by atoms with van der Waals surface area (Å²) in [6, 6.07) is 0. The number of hydrogen-bond donors (Lipinski definition) is 0. The van der Waals surface area contributed by atoms with Crippen molar-refractivity contribution in [2.75, 3.05) is 20.3 Å². The first-order valence-electron chi connectivity index (χ1n) is 3.47.